The summed E-state index contributed by atoms with van der Waals surface area (Å²) in [6, 6.07) is 3.92. The molecule has 0 atom stereocenters. The maximum absolute atomic E-state index is 11.2. The maximum atomic E-state index is 11.2. The largest absolute Gasteiger partial charge is 0.474 e. The van der Waals surface area contributed by atoms with Crippen molar-refractivity contribution in [3.63, 3.8) is 0 Å². The van der Waals surface area contributed by atoms with Crippen LogP contribution in [0.5, 0.6) is 0 Å². The highest BCUT2D eigenvalue weighted by atomic mass is 16.4. The summed E-state index contributed by atoms with van der Waals surface area (Å²) in [6.07, 6.45) is 0. The lowest BCUT2D eigenvalue weighted by atomic mass is 9.98. The van der Waals surface area contributed by atoms with E-state index in [1.165, 1.54) is 23.1 Å². The Morgan fingerprint density at radius 2 is 1.76 bits per heavy atom. The highest BCUT2D eigenvalue weighted by molar-refractivity contribution is 6.31. The van der Waals surface area contributed by atoms with Crippen molar-refractivity contribution in [2.45, 2.75) is 27.3 Å². The average molecular weight is 235 g/mol. The first kappa shape index (κ1) is 13.2. The second kappa shape index (κ2) is 4.99. The third-order valence-electron chi connectivity index (χ3n) is 3.11. The number of aliphatic carboxylic acids is 1. The van der Waals surface area contributed by atoms with E-state index in [4.69, 9.17) is 5.11 Å². The summed E-state index contributed by atoms with van der Waals surface area (Å²) in [5.74, 6) is -2.31. The minimum absolute atomic E-state index is 0.318. The lowest BCUT2D eigenvalue weighted by Gasteiger charge is -2.18. The molecule has 1 aromatic carbocycles. The van der Waals surface area contributed by atoms with Gasteiger partial charge in [-0.25, -0.2) is 4.79 Å². The number of carbonyl (C=O) groups is 2. The van der Waals surface area contributed by atoms with Crippen LogP contribution in [0.25, 0.3) is 0 Å². The number of hydrogen-bond donors (Lipinski definition) is 1. The Morgan fingerprint density at radius 3 is 2.29 bits per heavy atom. The van der Waals surface area contributed by atoms with Crippen LogP contribution in [-0.2, 0) is 16.1 Å². The fraction of sp³-hybridized carbons (Fsp3) is 0.385. The zero-order valence-electron chi connectivity index (χ0n) is 10.6. The number of likely N-dealkylation sites (N-methyl/N-ethyl adjacent to an activating group) is 1. The molecule has 0 radical (unpaired) electrons. The molecule has 4 nitrogen and oxygen atoms in total. The molecule has 1 N–H and O–H groups in total. The molecule has 0 aliphatic rings. The van der Waals surface area contributed by atoms with Crippen LogP contribution < -0.4 is 0 Å². The van der Waals surface area contributed by atoms with Gasteiger partial charge >= 0.3 is 11.9 Å². The van der Waals surface area contributed by atoms with Crippen molar-refractivity contribution in [3.05, 3.63) is 34.4 Å². The highest BCUT2D eigenvalue weighted by Crippen LogP contribution is 2.18. The molecule has 0 saturated heterocycles. The van der Waals surface area contributed by atoms with Crippen molar-refractivity contribution in [3.8, 4) is 0 Å². The Morgan fingerprint density at radius 1 is 1.18 bits per heavy atom. The van der Waals surface area contributed by atoms with Gasteiger partial charge in [0.05, 0.1) is 0 Å². The van der Waals surface area contributed by atoms with Crippen molar-refractivity contribution in [2.75, 3.05) is 7.05 Å². The SMILES string of the molecule is Cc1ccc(CN(C)C(=O)C(=O)O)c(C)c1C. The molecule has 1 rings (SSSR count). The van der Waals surface area contributed by atoms with Crippen LogP contribution in [0.2, 0.25) is 0 Å². The predicted octanol–water partition coefficient (Wildman–Crippen LogP) is 1.65. The molecule has 0 saturated carbocycles. The molecule has 1 amide bonds. The first-order valence-electron chi connectivity index (χ1n) is 5.38. The zero-order valence-corrected chi connectivity index (χ0v) is 10.6. The Balaban J connectivity index is 2.93. The number of hydrogen-bond acceptors (Lipinski definition) is 2. The number of carbonyl (C=O) groups excluding carboxylic acids is 1. The molecule has 1 aromatic rings. The van der Waals surface area contributed by atoms with Gasteiger partial charge in [-0.3, -0.25) is 4.79 Å². The molecular formula is C13H17NO3. The van der Waals surface area contributed by atoms with Gasteiger partial charge in [-0.15, -0.1) is 0 Å². The maximum Gasteiger partial charge on any atom is 0.394 e. The molecule has 0 heterocycles. The molecular weight excluding hydrogens is 218 g/mol. The third kappa shape index (κ3) is 2.84. The van der Waals surface area contributed by atoms with Gasteiger partial charge in [-0.2, -0.15) is 0 Å². The van der Waals surface area contributed by atoms with E-state index < -0.39 is 11.9 Å². The van der Waals surface area contributed by atoms with Crippen LogP contribution >= 0.6 is 0 Å². The molecule has 92 valence electrons. The van der Waals surface area contributed by atoms with Gasteiger partial charge in [0.2, 0.25) is 0 Å². The summed E-state index contributed by atoms with van der Waals surface area (Å²) in [6.45, 7) is 6.35. The van der Waals surface area contributed by atoms with E-state index in [0.717, 1.165) is 11.1 Å². The van der Waals surface area contributed by atoms with E-state index in [1.54, 1.807) is 0 Å². The average Bonchev–Trinajstić information content (AvgIpc) is 2.28. The Labute approximate surface area is 101 Å². The minimum atomic E-state index is -1.42. The van der Waals surface area contributed by atoms with Crippen molar-refractivity contribution < 1.29 is 14.7 Å². The van der Waals surface area contributed by atoms with E-state index in [1.807, 2.05) is 32.9 Å². The molecule has 0 fully saturated rings. The predicted molar refractivity (Wildman–Crippen MR) is 64.8 cm³/mol. The third-order valence-corrected chi connectivity index (χ3v) is 3.11. The number of amides is 1. The Hall–Kier alpha value is -1.84. The summed E-state index contributed by atoms with van der Waals surface area (Å²) in [7, 11) is 1.49. The van der Waals surface area contributed by atoms with Crippen LogP contribution in [-0.4, -0.2) is 28.9 Å². The highest BCUT2D eigenvalue weighted by Gasteiger charge is 2.18. The number of aryl methyl sites for hydroxylation is 1. The number of nitrogens with zero attached hydrogens (tertiary/aromatic N) is 1. The van der Waals surface area contributed by atoms with E-state index in [-0.39, 0.29) is 0 Å². The monoisotopic (exact) mass is 235 g/mol. The van der Waals surface area contributed by atoms with Gasteiger partial charge in [-0.05, 0) is 43.0 Å². The normalized spacial score (nSPS) is 10.1. The standard InChI is InChI=1S/C13H17NO3/c1-8-5-6-11(10(3)9(8)2)7-14(4)12(15)13(16)17/h5-6H,7H2,1-4H3,(H,16,17). The summed E-state index contributed by atoms with van der Waals surface area (Å²) in [5.41, 5.74) is 4.46. The van der Waals surface area contributed by atoms with Crippen molar-refractivity contribution in [2.24, 2.45) is 0 Å². The van der Waals surface area contributed by atoms with E-state index in [0.29, 0.717) is 6.54 Å². The fourth-order valence-electron chi connectivity index (χ4n) is 1.67. The molecule has 0 bridgehead atoms. The fourth-order valence-corrected chi connectivity index (χ4v) is 1.67. The quantitative estimate of drug-likeness (QED) is 0.793. The van der Waals surface area contributed by atoms with Crippen LogP contribution in [0.4, 0.5) is 0 Å². The first-order chi connectivity index (χ1) is 7.84. The minimum Gasteiger partial charge on any atom is -0.474 e. The van der Waals surface area contributed by atoms with Crippen molar-refractivity contribution >= 4 is 11.9 Å². The van der Waals surface area contributed by atoms with Gasteiger partial charge in [0.15, 0.2) is 0 Å². The van der Waals surface area contributed by atoms with E-state index in [2.05, 4.69) is 0 Å². The summed E-state index contributed by atoms with van der Waals surface area (Å²) < 4.78 is 0. The molecule has 4 heteroatoms. The second-order valence-corrected chi connectivity index (χ2v) is 4.26. The Kier molecular flexibility index (Phi) is 3.89. The molecule has 17 heavy (non-hydrogen) atoms. The van der Waals surface area contributed by atoms with Crippen LogP contribution in [0.1, 0.15) is 22.3 Å². The molecule has 0 aliphatic heterocycles. The van der Waals surface area contributed by atoms with Gasteiger partial charge in [0.1, 0.15) is 0 Å². The first-order valence-corrected chi connectivity index (χ1v) is 5.38. The number of benzene rings is 1. The number of carboxylic acids is 1. The topological polar surface area (TPSA) is 57.6 Å². The summed E-state index contributed by atoms with van der Waals surface area (Å²) >= 11 is 0. The van der Waals surface area contributed by atoms with Crippen LogP contribution in [0.3, 0.4) is 0 Å². The van der Waals surface area contributed by atoms with Gasteiger partial charge in [0, 0.05) is 13.6 Å². The molecule has 0 unspecified atom stereocenters. The Bertz CT molecular complexity index is 466. The van der Waals surface area contributed by atoms with Crippen LogP contribution in [0, 0.1) is 20.8 Å². The molecule has 0 aliphatic carbocycles. The summed E-state index contributed by atoms with van der Waals surface area (Å²) in [5, 5.41) is 8.61. The van der Waals surface area contributed by atoms with Crippen LogP contribution in [0.15, 0.2) is 12.1 Å². The smallest absolute Gasteiger partial charge is 0.394 e. The van der Waals surface area contributed by atoms with Gasteiger partial charge in [-0.1, -0.05) is 12.1 Å². The van der Waals surface area contributed by atoms with E-state index >= 15 is 0 Å². The van der Waals surface area contributed by atoms with Crippen molar-refractivity contribution in [1.29, 1.82) is 0 Å². The lowest BCUT2D eigenvalue weighted by molar-refractivity contribution is -0.155. The second-order valence-electron chi connectivity index (χ2n) is 4.26. The van der Waals surface area contributed by atoms with Crippen molar-refractivity contribution in [1.82, 2.24) is 4.90 Å². The molecule has 0 spiro atoms. The van der Waals surface area contributed by atoms with Gasteiger partial charge in [0.25, 0.3) is 0 Å². The summed E-state index contributed by atoms with van der Waals surface area (Å²) in [4.78, 5) is 23.0. The van der Waals surface area contributed by atoms with Gasteiger partial charge < -0.3 is 10.0 Å². The number of rotatable bonds is 2. The lowest BCUT2D eigenvalue weighted by Crippen LogP contribution is -2.32. The molecule has 0 aromatic heterocycles. The zero-order chi connectivity index (χ0) is 13.2. The number of carboxylic acid groups (broad SMARTS) is 1. The van der Waals surface area contributed by atoms with E-state index in [9.17, 15) is 9.59 Å².